The van der Waals surface area contributed by atoms with Gasteiger partial charge in [0.2, 0.25) is 5.91 Å². The summed E-state index contributed by atoms with van der Waals surface area (Å²) in [6.07, 6.45) is 0.315. The maximum atomic E-state index is 12.1. The zero-order chi connectivity index (χ0) is 16.9. The van der Waals surface area contributed by atoms with Crippen molar-refractivity contribution in [2.45, 2.75) is 19.0 Å². The Bertz CT molecular complexity index is 736. The molecule has 2 N–H and O–H groups in total. The number of amides is 3. The number of likely N-dealkylation sites (tertiary alicyclic amines) is 1. The highest BCUT2D eigenvalue weighted by Gasteiger charge is 2.30. The van der Waals surface area contributed by atoms with Gasteiger partial charge in [-0.2, -0.15) is 0 Å². The SMILES string of the molecule is O=C(Nc1cccc(Cl)c1)NC1CC(=O)N(Cc2ccccc2)C1. The Morgan fingerprint density at radius 1 is 1.17 bits per heavy atom. The number of hydrogen-bond acceptors (Lipinski definition) is 2. The van der Waals surface area contributed by atoms with Gasteiger partial charge in [0.25, 0.3) is 0 Å². The molecule has 3 amide bonds. The Morgan fingerprint density at radius 2 is 1.96 bits per heavy atom. The van der Waals surface area contributed by atoms with Crippen molar-refractivity contribution in [3.63, 3.8) is 0 Å². The summed E-state index contributed by atoms with van der Waals surface area (Å²) in [4.78, 5) is 25.9. The normalized spacial score (nSPS) is 17.0. The maximum absolute atomic E-state index is 12.1. The van der Waals surface area contributed by atoms with Crippen molar-refractivity contribution in [3.05, 3.63) is 65.2 Å². The number of nitrogens with zero attached hydrogens (tertiary/aromatic N) is 1. The van der Waals surface area contributed by atoms with Crippen LogP contribution in [0.25, 0.3) is 0 Å². The lowest BCUT2D eigenvalue weighted by molar-refractivity contribution is -0.128. The molecule has 124 valence electrons. The first kappa shape index (κ1) is 16.3. The first-order valence-corrected chi connectivity index (χ1v) is 8.13. The van der Waals surface area contributed by atoms with E-state index >= 15 is 0 Å². The van der Waals surface area contributed by atoms with Crippen LogP contribution in [0.2, 0.25) is 5.02 Å². The molecule has 0 bridgehead atoms. The maximum Gasteiger partial charge on any atom is 0.319 e. The number of anilines is 1. The minimum Gasteiger partial charge on any atom is -0.336 e. The molecule has 1 saturated heterocycles. The van der Waals surface area contributed by atoms with Crippen molar-refractivity contribution in [1.82, 2.24) is 10.2 Å². The number of halogens is 1. The molecule has 0 saturated carbocycles. The van der Waals surface area contributed by atoms with Crippen molar-refractivity contribution in [2.75, 3.05) is 11.9 Å². The van der Waals surface area contributed by atoms with E-state index in [1.165, 1.54) is 0 Å². The summed E-state index contributed by atoms with van der Waals surface area (Å²) in [6.45, 7) is 1.07. The summed E-state index contributed by atoms with van der Waals surface area (Å²) in [6, 6.07) is 16.2. The van der Waals surface area contributed by atoms with Crippen LogP contribution in [0.15, 0.2) is 54.6 Å². The highest BCUT2D eigenvalue weighted by Crippen LogP contribution is 2.17. The number of nitrogens with one attached hydrogen (secondary N) is 2. The van der Waals surface area contributed by atoms with Crippen LogP contribution in [-0.4, -0.2) is 29.4 Å². The smallest absolute Gasteiger partial charge is 0.319 e. The monoisotopic (exact) mass is 343 g/mol. The Labute approximate surface area is 145 Å². The quantitative estimate of drug-likeness (QED) is 0.895. The number of carbonyl (C=O) groups is 2. The van der Waals surface area contributed by atoms with Gasteiger partial charge >= 0.3 is 6.03 Å². The fraction of sp³-hybridized carbons (Fsp3) is 0.222. The van der Waals surface area contributed by atoms with E-state index in [0.29, 0.717) is 30.2 Å². The van der Waals surface area contributed by atoms with Crippen molar-refractivity contribution < 1.29 is 9.59 Å². The van der Waals surface area contributed by atoms with Crippen LogP contribution in [0.1, 0.15) is 12.0 Å². The molecule has 1 atom stereocenters. The van der Waals surface area contributed by atoms with Gasteiger partial charge in [-0.15, -0.1) is 0 Å². The van der Waals surface area contributed by atoms with Gasteiger partial charge in [0.15, 0.2) is 0 Å². The second-order valence-electron chi connectivity index (χ2n) is 5.77. The highest BCUT2D eigenvalue weighted by molar-refractivity contribution is 6.30. The summed E-state index contributed by atoms with van der Waals surface area (Å²) >= 11 is 5.89. The van der Waals surface area contributed by atoms with Gasteiger partial charge in [0.05, 0.1) is 6.04 Å². The molecule has 24 heavy (non-hydrogen) atoms. The summed E-state index contributed by atoms with van der Waals surface area (Å²) < 4.78 is 0. The molecular weight excluding hydrogens is 326 g/mol. The molecule has 1 heterocycles. The van der Waals surface area contributed by atoms with E-state index in [2.05, 4.69) is 10.6 Å². The van der Waals surface area contributed by atoms with Gasteiger partial charge in [0, 0.05) is 30.2 Å². The number of benzene rings is 2. The minimum absolute atomic E-state index is 0.0481. The molecule has 0 radical (unpaired) electrons. The molecule has 0 spiro atoms. The molecule has 1 aliphatic heterocycles. The molecule has 1 unspecified atom stereocenters. The van der Waals surface area contributed by atoms with E-state index in [4.69, 9.17) is 11.6 Å². The number of urea groups is 1. The third-order valence-electron chi connectivity index (χ3n) is 3.85. The minimum atomic E-state index is -0.336. The van der Waals surface area contributed by atoms with Crippen LogP contribution in [0.5, 0.6) is 0 Å². The molecular formula is C18H18ClN3O2. The van der Waals surface area contributed by atoms with Gasteiger partial charge < -0.3 is 15.5 Å². The van der Waals surface area contributed by atoms with Crippen molar-refractivity contribution in [2.24, 2.45) is 0 Å². The average Bonchev–Trinajstić information content (AvgIpc) is 2.87. The predicted molar refractivity (Wildman–Crippen MR) is 93.9 cm³/mol. The lowest BCUT2D eigenvalue weighted by Crippen LogP contribution is -2.39. The summed E-state index contributed by atoms with van der Waals surface area (Å²) in [5.41, 5.74) is 1.69. The van der Waals surface area contributed by atoms with Crippen LogP contribution < -0.4 is 10.6 Å². The van der Waals surface area contributed by atoms with Gasteiger partial charge in [0.1, 0.15) is 0 Å². The summed E-state index contributed by atoms with van der Waals surface area (Å²) in [5.74, 6) is 0.0481. The van der Waals surface area contributed by atoms with E-state index in [1.807, 2.05) is 30.3 Å². The van der Waals surface area contributed by atoms with Crippen molar-refractivity contribution >= 4 is 29.2 Å². The topological polar surface area (TPSA) is 61.4 Å². The zero-order valence-corrected chi connectivity index (χ0v) is 13.8. The third kappa shape index (κ3) is 4.26. The molecule has 6 heteroatoms. The number of carbonyl (C=O) groups excluding carboxylic acids is 2. The summed E-state index contributed by atoms with van der Waals surface area (Å²) in [5, 5.41) is 6.12. The molecule has 2 aromatic carbocycles. The fourth-order valence-electron chi connectivity index (χ4n) is 2.74. The standard InChI is InChI=1S/C18H18ClN3O2/c19-14-7-4-8-15(9-14)20-18(24)21-16-10-17(23)22(12-16)11-13-5-2-1-3-6-13/h1-9,16H,10-12H2,(H2,20,21,24). The molecule has 1 fully saturated rings. The third-order valence-corrected chi connectivity index (χ3v) is 4.08. The van der Waals surface area contributed by atoms with E-state index in [9.17, 15) is 9.59 Å². The first-order chi connectivity index (χ1) is 11.6. The first-order valence-electron chi connectivity index (χ1n) is 7.75. The number of hydrogen-bond donors (Lipinski definition) is 2. The Hall–Kier alpha value is -2.53. The van der Waals surface area contributed by atoms with Crippen LogP contribution in [0.4, 0.5) is 10.5 Å². The zero-order valence-electron chi connectivity index (χ0n) is 13.0. The lowest BCUT2D eigenvalue weighted by Gasteiger charge is -2.17. The molecule has 1 aliphatic rings. The van der Waals surface area contributed by atoms with Gasteiger partial charge in [-0.25, -0.2) is 4.79 Å². The molecule has 3 rings (SSSR count). The van der Waals surface area contributed by atoms with Crippen LogP contribution in [0, 0.1) is 0 Å². The lowest BCUT2D eigenvalue weighted by atomic mass is 10.2. The Kier molecular flexibility index (Phi) is 5.01. The van der Waals surface area contributed by atoms with Crippen molar-refractivity contribution in [1.29, 1.82) is 0 Å². The van der Waals surface area contributed by atoms with E-state index < -0.39 is 0 Å². The van der Waals surface area contributed by atoms with E-state index in [-0.39, 0.29) is 18.0 Å². The Morgan fingerprint density at radius 3 is 2.71 bits per heavy atom. The van der Waals surface area contributed by atoms with E-state index in [0.717, 1.165) is 5.56 Å². The van der Waals surface area contributed by atoms with Crippen LogP contribution in [-0.2, 0) is 11.3 Å². The second kappa shape index (κ2) is 7.36. The van der Waals surface area contributed by atoms with Gasteiger partial charge in [-0.05, 0) is 23.8 Å². The second-order valence-corrected chi connectivity index (χ2v) is 6.21. The van der Waals surface area contributed by atoms with E-state index in [1.54, 1.807) is 29.2 Å². The van der Waals surface area contributed by atoms with Crippen LogP contribution >= 0.6 is 11.6 Å². The fourth-order valence-corrected chi connectivity index (χ4v) is 2.93. The molecule has 0 aliphatic carbocycles. The number of rotatable bonds is 4. The van der Waals surface area contributed by atoms with Gasteiger partial charge in [-0.1, -0.05) is 48.0 Å². The Balaban J connectivity index is 1.53. The van der Waals surface area contributed by atoms with Gasteiger partial charge in [-0.3, -0.25) is 4.79 Å². The molecule has 5 nitrogen and oxygen atoms in total. The average molecular weight is 344 g/mol. The highest BCUT2D eigenvalue weighted by atomic mass is 35.5. The molecule has 2 aromatic rings. The van der Waals surface area contributed by atoms with Crippen LogP contribution in [0.3, 0.4) is 0 Å². The van der Waals surface area contributed by atoms with Crippen molar-refractivity contribution in [3.8, 4) is 0 Å². The largest absolute Gasteiger partial charge is 0.336 e. The molecule has 0 aromatic heterocycles. The predicted octanol–water partition coefficient (Wildman–Crippen LogP) is 3.26. The summed E-state index contributed by atoms with van der Waals surface area (Å²) in [7, 11) is 0.